The minimum Gasteiger partial charge on any atom is -0.464 e. The molecule has 1 fully saturated rings. The Balaban J connectivity index is 1.52. The van der Waals surface area contributed by atoms with Crippen molar-refractivity contribution >= 4 is 22.7 Å². The van der Waals surface area contributed by atoms with Crippen LogP contribution < -0.4 is 10.2 Å². The van der Waals surface area contributed by atoms with Gasteiger partial charge in [-0.2, -0.15) is 0 Å². The summed E-state index contributed by atoms with van der Waals surface area (Å²) in [6.45, 7) is 2.36. The van der Waals surface area contributed by atoms with Crippen molar-refractivity contribution in [1.29, 1.82) is 0 Å². The third-order valence-electron chi connectivity index (χ3n) is 4.44. The maximum Gasteiger partial charge on any atom is 0.255 e. The number of hydrogen-bond acceptors (Lipinski definition) is 4. The summed E-state index contributed by atoms with van der Waals surface area (Å²) in [6, 6.07) is 11.5. The van der Waals surface area contributed by atoms with Crippen LogP contribution in [0.1, 0.15) is 28.8 Å². The number of nitrogens with zero attached hydrogens (tertiary/aromatic N) is 2. The molecule has 0 aliphatic carbocycles. The number of nitrogens with one attached hydrogen (secondary N) is 1. The molecule has 1 aliphatic heterocycles. The van der Waals surface area contributed by atoms with E-state index in [1.54, 1.807) is 12.5 Å². The number of anilines is 1. The molecule has 1 saturated heterocycles. The SMILES string of the molecule is O=C(NCc1coc2ccccc12)c1cccnc1N1CCCC1. The van der Waals surface area contributed by atoms with Gasteiger partial charge in [0.05, 0.1) is 11.8 Å². The van der Waals surface area contributed by atoms with Crippen molar-refractivity contribution < 1.29 is 9.21 Å². The highest BCUT2D eigenvalue weighted by molar-refractivity contribution is 5.99. The monoisotopic (exact) mass is 321 g/mol. The molecule has 2 aromatic heterocycles. The molecule has 1 aromatic carbocycles. The molecule has 0 radical (unpaired) electrons. The number of rotatable bonds is 4. The molecule has 0 unspecified atom stereocenters. The number of pyridine rings is 1. The third-order valence-corrected chi connectivity index (χ3v) is 4.44. The van der Waals surface area contributed by atoms with Gasteiger partial charge in [0.2, 0.25) is 0 Å². The number of amides is 1. The van der Waals surface area contributed by atoms with Gasteiger partial charge in [0, 0.05) is 36.8 Å². The lowest BCUT2D eigenvalue weighted by molar-refractivity contribution is 0.0951. The molecule has 3 heterocycles. The maximum absolute atomic E-state index is 12.6. The van der Waals surface area contributed by atoms with Crippen molar-refractivity contribution in [3.8, 4) is 0 Å². The van der Waals surface area contributed by atoms with Crippen LogP contribution >= 0.6 is 0 Å². The van der Waals surface area contributed by atoms with E-state index in [1.807, 2.05) is 36.4 Å². The summed E-state index contributed by atoms with van der Waals surface area (Å²) in [5.41, 5.74) is 2.44. The van der Waals surface area contributed by atoms with Gasteiger partial charge in [-0.25, -0.2) is 4.98 Å². The smallest absolute Gasteiger partial charge is 0.255 e. The van der Waals surface area contributed by atoms with Gasteiger partial charge in [-0.05, 0) is 31.0 Å². The highest BCUT2D eigenvalue weighted by atomic mass is 16.3. The Kier molecular flexibility index (Phi) is 3.91. The van der Waals surface area contributed by atoms with Crippen LogP contribution in [0.4, 0.5) is 5.82 Å². The van der Waals surface area contributed by atoms with Gasteiger partial charge in [0.1, 0.15) is 11.4 Å². The number of aromatic nitrogens is 1. The van der Waals surface area contributed by atoms with E-state index in [4.69, 9.17) is 4.42 Å². The van der Waals surface area contributed by atoms with Crippen molar-refractivity contribution in [2.24, 2.45) is 0 Å². The van der Waals surface area contributed by atoms with E-state index in [0.29, 0.717) is 12.1 Å². The molecule has 24 heavy (non-hydrogen) atoms. The Morgan fingerprint density at radius 3 is 2.88 bits per heavy atom. The number of furan rings is 1. The minimum atomic E-state index is -0.102. The minimum absolute atomic E-state index is 0.102. The quantitative estimate of drug-likeness (QED) is 0.800. The van der Waals surface area contributed by atoms with Gasteiger partial charge in [0.25, 0.3) is 5.91 Å². The number of benzene rings is 1. The van der Waals surface area contributed by atoms with E-state index >= 15 is 0 Å². The lowest BCUT2D eigenvalue weighted by atomic mass is 10.1. The van der Waals surface area contributed by atoms with Crippen molar-refractivity contribution in [1.82, 2.24) is 10.3 Å². The Bertz CT molecular complexity index is 866. The number of fused-ring (bicyclic) bond motifs is 1. The summed E-state index contributed by atoms with van der Waals surface area (Å²) in [5.74, 6) is 0.680. The summed E-state index contributed by atoms with van der Waals surface area (Å²) in [5, 5.41) is 4.02. The third kappa shape index (κ3) is 2.73. The maximum atomic E-state index is 12.6. The van der Waals surface area contributed by atoms with E-state index in [1.165, 1.54) is 0 Å². The lowest BCUT2D eigenvalue weighted by Gasteiger charge is -2.19. The molecule has 122 valence electrons. The van der Waals surface area contributed by atoms with Crippen LogP contribution in [-0.2, 0) is 6.54 Å². The topological polar surface area (TPSA) is 58.4 Å². The highest BCUT2D eigenvalue weighted by Crippen LogP contribution is 2.23. The first-order valence-electron chi connectivity index (χ1n) is 8.26. The van der Waals surface area contributed by atoms with Gasteiger partial charge in [0.15, 0.2) is 0 Å². The Hall–Kier alpha value is -2.82. The van der Waals surface area contributed by atoms with Crippen molar-refractivity contribution in [2.75, 3.05) is 18.0 Å². The second-order valence-electron chi connectivity index (χ2n) is 6.01. The fourth-order valence-electron chi connectivity index (χ4n) is 3.20. The fraction of sp³-hybridized carbons (Fsp3) is 0.263. The van der Waals surface area contributed by atoms with Gasteiger partial charge < -0.3 is 14.6 Å². The average molecular weight is 321 g/mol. The summed E-state index contributed by atoms with van der Waals surface area (Å²) < 4.78 is 5.52. The Morgan fingerprint density at radius 2 is 2.00 bits per heavy atom. The van der Waals surface area contributed by atoms with E-state index < -0.39 is 0 Å². The standard InChI is InChI=1S/C19H19N3O2/c23-19(16-7-5-9-20-18(16)22-10-3-4-11-22)21-12-14-13-24-17-8-2-1-6-15(14)17/h1-2,5-9,13H,3-4,10-12H2,(H,21,23). The molecule has 1 N–H and O–H groups in total. The van der Waals surface area contributed by atoms with Gasteiger partial charge in [-0.15, -0.1) is 0 Å². The van der Waals surface area contributed by atoms with Crippen LogP contribution in [0.15, 0.2) is 53.3 Å². The van der Waals surface area contributed by atoms with Crippen LogP contribution in [0, 0.1) is 0 Å². The predicted octanol–water partition coefficient (Wildman–Crippen LogP) is 3.36. The van der Waals surface area contributed by atoms with Crippen molar-refractivity contribution in [3.63, 3.8) is 0 Å². The molecule has 3 aromatic rings. The fourth-order valence-corrected chi connectivity index (χ4v) is 3.20. The van der Waals surface area contributed by atoms with E-state index in [9.17, 15) is 4.79 Å². The summed E-state index contributed by atoms with van der Waals surface area (Å²) in [7, 11) is 0. The molecular weight excluding hydrogens is 302 g/mol. The molecular formula is C19H19N3O2. The molecule has 0 bridgehead atoms. The zero-order valence-corrected chi connectivity index (χ0v) is 13.4. The van der Waals surface area contributed by atoms with Gasteiger partial charge >= 0.3 is 0 Å². The second kappa shape index (κ2) is 6.35. The normalized spacial score (nSPS) is 14.2. The van der Waals surface area contributed by atoms with E-state index in [0.717, 1.165) is 48.3 Å². The molecule has 4 rings (SSSR count). The molecule has 0 atom stereocenters. The van der Waals surface area contributed by atoms with Crippen LogP contribution in [0.5, 0.6) is 0 Å². The van der Waals surface area contributed by atoms with Crippen molar-refractivity contribution in [3.05, 3.63) is 60.0 Å². The zero-order valence-electron chi connectivity index (χ0n) is 13.4. The molecule has 1 amide bonds. The first-order chi connectivity index (χ1) is 11.8. The van der Waals surface area contributed by atoms with Gasteiger partial charge in [-0.3, -0.25) is 4.79 Å². The first kappa shape index (κ1) is 14.8. The van der Waals surface area contributed by atoms with Crippen LogP contribution in [-0.4, -0.2) is 24.0 Å². The molecule has 5 heteroatoms. The summed E-state index contributed by atoms with van der Waals surface area (Å²) in [4.78, 5) is 19.3. The van der Waals surface area contributed by atoms with Crippen LogP contribution in [0.3, 0.4) is 0 Å². The second-order valence-corrected chi connectivity index (χ2v) is 6.01. The Labute approximate surface area is 140 Å². The first-order valence-corrected chi connectivity index (χ1v) is 8.26. The molecule has 0 spiro atoms. The molecule has 1 aliphatic rings. The van der Waals surface area contributed by atoms with E-state index in [2.05, 4.69) is 15.2 Å². The van der Waals surface area contributed by atoms with Crippen molar-refractivity contribution in [2.45, 2.75) is 19.4 Å². The highest BCUT2D eigenvalue weighted by Gasteiger charge is 2.20. The number of carbonyl (C=O) groups is 1. The lowest BCUT2D eigenvalue weighted by Crippen LogP contribution is -2.27. The summed E-state index contributed by atoms with van der Waals surface area (Å²) in [6.07, 6.45) is 5.75. The number of carbonyl (C=O) groups excluding carboxylic acids is 1. The summed E-state index contributed by atoms with van der Waals surface area (Å²) >= 11 is 0. The predicted molar refractivity (Wildman–Crippen MR) is 93.1 cm³/mol. The van der Waals surface area contributed by atoms with Gasteiger partial charge in [-0.1, -0.05) is 18.2 Å². The number of para-hydroxylation sites is 1. The molecule has 5 nitrogen and oxygen atoms in total. The Morgan fingerprint density at radius 1 is 1.17 bits per heavy atom. The zero-order chi connectivity index (χ0) is 16.4. The number of hydrogen-bond donors (Lipinski definition) is 1. The van der Waals surface area contributed by atoms with Crippen LogP contribution in [0.2, 0.25) is 0 Å². The largest absolute Gasteiger partial charge is 0.464 e. The average Bonchev–Trinajstić information content (AvgIpc) is 3.30. The molecule has 0 saturated carbocycles. The van der Waals surface area contributed by atoms with Crippen LogP contribution in [0.25, 0.3) is 11.0 Å². The van der Waals surface area contributed by atoms with E-state index in [-0.39, 0.29) is 5.91 Å².